The second-order valence-electron chi connectivity index (χ2n) is 3.78. The fourth-order valence-corrected chi connectivity index (χ4v) is 1.31. The van der Waals surface area contributed by atoms with Crippen LogP contribution in [0.3, 0.4) is 0 Å². The molecule has 17 heavy (non-hydrogen) atoms. The first-order valence-corrected chi connectivity index (χ1v) is 5.16. The quantitative estimate of drug-likeness (QED) is 0.479. The molecule has 0 spiro atoms. The third-order valence-electron chi connectivity index (χ3n) is 2.18. The van der Waals surface area contributed by atoms with Crippen LogP contribution in [0.25, 0.3) is 11.0 Å². The molecule has 0 aliphatic rings. The zero-order valence-corrected chi connectivity index (χ0v) is 9.77. The van der Waals surface area contributed by atoms with E-state index in [4.69, 9.17) is 10.6 Å². The van der Waals surface area contributed by atoms with Gasteiger partial charge in [-0.05, 0) is 14.1 Å². The van der Waals surface area contributed by atoms with E-state index < -0.39 is 0 Å². The van der Waals surface area contributed by atoms with Crippen LogP contribution in [-0.2, 0) is 0 Å². The first kappa shape index (κ1) is 11.6. The summed E-state index contributed by atoms with van der Waals surface area (Å²) in [4.78, 5) is 10.3. The predicted molar refractivity (Wildman–Crippen MR) is 63.5 cm³/mol. The van der Waals surface area contributed by atoms with E-state index in [9.17, 15) is 0 Å². The topological polar surface area (TPSA) is 105 Å². The number of H-pyrrole nitrogens is 1. The van der Waals surface area contributed by atoms with E-state index in [0.717, 1.165) is 11.9 Å². The lowest BCUT2D eigenvalue weighted by atomic mass is 10.4. The van der Waals surface area contributed by atoms with Gasteiger partial charge in [0.15, 0.2) is 5.65 Å². The maximum atomic E-state index is 5.58. The zero-order valence-electron chi connectivity index (χ0n) is 9.77. The Hall–Kier alpha value is -1.93. The molecule has 0 amide bonds. The van der Waals surface area contributed by atoms with Gasteiger partial charge in [-0.25, -0.2) is 5.84 Å². The summed E-state index contributed by atoms with van der Waals surface area (Å²) in [6.07, 6.45) is 1.63. The molecule has 0 unspecified atom stereocenters. The number of aromatic nitrogens is 4. The molecule has 0 bridgehead atoms. The third kappa shape index (κ3) is 2.60. The van der Waals surface area contributed by atoms with Crippen molar-refractivity contribution >= 4 is 17.0 Å². The number of nitrogen functional groups attached to an aromatic ring is 1. The molecule has 4 N–H and O–H groups in total. The summed E-state index contributed by atoms with van der Waals surface area (Å²) in [6, 6.07) is 0. The highest BCUT2D eigenvalue weighted by Gasteiger charge is 2.10. The summed E-state index contributed by atoms with van der Waals surface area (Å²) >= 11 is 0. The number of nitrogens with two attached hydrogens (primary N) is 1. The number of anilines is 1. The minimum Gasteiger partial charge on any atom is -0.476 e. The lowest BCUT2D eigenvalue weighted by Crippen LogP contribution is -2.20. The number of nitrogens with zero attached hydrogens (tertiary/aromatic N) is 4. The Morgan fingerprint density at radius 3 is 3.00 bits per heavy atom. The highest BCUT2D eigenvalue weighted by Crippen LogP contribution is 2.21. The molecule has 0 fully saturated rings. The molecule has 2 aromatic heterocycles. The Morgan fingerprint density at radius 2 is 2.29 bits per heavy atom. The molecule has 0 aliphatic carbocycles. The molecule has 2 rings (SSSR count). The number of fused-ring (bicyclic) bond motifs is 1. The van der Waals surface area contributed by atoms with Crippen molar-refractivity contribution in [2.45, 2.75) is 0 Å². The van der Waals surface area contributed by atoms with Gasteiger partial charge in [-0.2, -0.15) is 15.1 Å². The van der Waals surface area contributed by atoms with Crippen LogP contribution in [0.2, 0.25) is 0 Å². The first-order chi connectivity index (χ1) is 8.20. The number of hydrogen-bond acceptors (Lipinski definition) is 7. The van der Waals surface area contributed by atoms with Crippen LogP contribution in [0.5, 0.6) is 5.88 Å². The number of hydrazine groups is 1. The van der Waals surface area contributed by atoms with Gasteiger partial charge in [-0.15, -0.1) is 0 Å². The Kier molecular flexibility index (Phi) is 3.35. The van der Waals surface area contributed by atoms with Crippen LogP contribution < -0.4 is 16.0 Å². The average molecular weight is 237 g/mol. The highest BCUT2D eigenvalue weighted by molar-refractivity contribution is 5.80. The van der Waals surface area contributed by atoms with Gasteiger partial charge in [-0.3, -0.25) is 10.5 Å². The number of hydrogen-bond donors (Lipinski definition) is 3. The number of aromatic amines is 1. The van der Waals surface area contributed by atoms with Crippen molar-refractivity contribution in [2.75, 3.05) is 32.7 Å². The molecule has 8 heteroatoms. The van der Waals surface area contributed by atoms with Gasteiger partial charge in [0.1, 0.15) is 12.0 Å². The molecule has 2 aromatic rings. The van der Waals surface area contributed by atoms with Crippen LogP contribution in [0.1, 0.15) is 0 Å². The first-order valence-electron chi connectivity index (χ1n) is 5.16. The Balaban J connectivity index is 2.21. The summed E-state index contributed by atoms with van der Waals surface area (Å²) in [5.74, 6) is 6.05. The molecule has 0 aromatic carbocycles. The lowest BCUT2D eigenvalue weighted by molar-refractivity contribution is 0.256. The van der Waals surface area contributed by atoms with E-state index in [0.29, 0.717) is 24.1 Å². The number of ether oxygens (including phenoxy) is 1. The van der Waals surface area contributed by atoms with Crippen LogP contribution in [-0.4, -0.2) is 52.3 Å². The molecular weight excluding hydrogens is 222 g/mol. The average Bonchev–Trinajstić information content (AvgIpc) is 2.76. The lowest BCUT2D eigenvalue weighted by Gasteiger charge is -2.11. The van der Waals surface area contributed by atoms with Crippen molar-refractivity contribution in [1.29, 1.82) is 0 Å². The molecule has 0 saturated carbocycles. The SMILES string of the molecule is CN(C)CCOc1nc(NN)nc2[nH]ncc12. The van der Waals surface area contributed by atoms with E-state index in [-0.39, 0.29) is 0 Å². The zero-order chi connectivity index (χ0) is 12.3. The van der Waals surface area contributed by atoms with Crippen LogP contribution >= 0.6 is 0 Å². The van der Waals surface area contributed by atoms with Gasteiger partial charge in [0.25, 0.3) is 0 Å². The van der Waals surface area contributed by atoms with Crippen molar-refractivity contribution in [3.63, 3.8) is 0 Å². The summed E-state index contributed by atoms with van der Waals surface area (Å²) in [7, 11) is 3.95. The number of nitrogens with one attached hydrogen (secondary N) is 2. The van der Waals surface area contributed by atoms with E-state index in [1.165, 1.54) is 0 Å². The van der Waals surface area contributed by atoms with Gasteiger partial charge in [0, 0.05) is 6.54 Å². The predicted octanol–water partition coefficient (Wildman–Crippen LogP) is -0.421. The largest absolute Gasteiger partial charge is 0.476 e. The van der Waals surface area contributed by atoms with Gasteiger partial charge in [0.2, 0.25) is 11.8 Å². The number of likely N-dealkylation sites (N-methyl/N-ethyl adjacent to an activating group) is 1. The van der Waals surface area contributed by atoms with Crippen LogP contribution in [0.15, 0.2) is 6.20 Å². The fourth-order valence-electron chi connectivity index (χ4n) is 1.31. The molecular formula is C9H15N7O. The third-order valence-corrected chi connectivity index (χ3v) is 2.18. The maximum Gasteiger partial charge on any atom is 0.242 e. The molecule has 0 saturated heterocycles. The highest BCUT2D eigenvalue weighted by atomic mass is 16.5. The molecule has 0 radical (unpaired) electrons. The van der Waals surface area contributed by atoms with E-state index >= 15 is 0 Å². The molecule has 0 atom stereocenters. The van der Waals surface area contributed by atoms with Crippen LogP contribution in [0.4, 0.5) is 5.95 Å². The van der Waals surface area contributed by atoms with Crippen molar-refractivity contribution in [1.82, 2.24) is 25.1 Å². The van der Waals surface area contributed by atoms with E-state index in [1.807, 2.05) is 19.0 Å². The smallest absolute Gasteiger partial charge is 0.242 e. The minimum absolute atomic E-state index is 0.293. The number of rotatable bonds is 5. The summed E-state index contributed by atoms with van der Waals surface area (Å²) < 4.78 is 5.58. The maximum absolute atomic E-state index is 5.58. The normalized spacial score (nSPS) is 11.1. The van der Waals surface area contributed by atoms with E-state index in [1.54, 1.807) is 6.20 Å². The minimum atomic E-state index is 0.293. The second kappa shape index (κ2) is 4.93. The Bertz CT molecular complexity index is 495. The Labute approximate surface area is 98.1 Å². The second-order valence-corrected chi connectivity index (χ2v) is 3.78. The summed E-state index contributed by atoms with van der Waals surface area (Å²) in [6.45, 7) is 1.34. The fraction of sp³-hybridized carbons (Fsp3) is 0.444. The van der Waals surface area contributed by atoms with Crippen molar-refractivity contribution in [3.05, 3.63) is 6.20 Å². The van der Waals surface area contributed by atoms with Crippen molar-refractivity contribution < 1.29 is 4.74 Å². The van der Waals surface area contributed by atoms with Gasteiger partial charge >= 0.3 is 0 Å². The van der Waals surface area contributed by atoms with Gasteiger partial charge in [-0.1, -0.05) is 0 Å². The molecule has 2 heterocycles. The van der Waals surface area contributed by atoms with Crippen molar-refractivity contribution in [2.24, 2.45) is 5.84 Å². The van der Waals surface area contributed by atoms with Gasteiger partial charge < -0.3 is 9.64 Å². The van der Waals surface area contributed by atoms with Crippen molar-refractivity contribution in [3.8, 4) is 5.88 Å². The molecule has 8 nitrogen and oxygen atoms in total. The monoisotopic (exact) mass is 237 g/mol. The summed E-state index contributed by atoms with van der Waals surface area (Å²) in [5.41, 5.74) is 2.98. The van der Waals surface area contributed by atoms with Gasteiger partial charge in [0.05, 0.1) is 6.20 Å². The molecule has 92 valence electrons. The van der Waals surface area contributed by atoms with Crippen LogP contribution in [0, 0.1) is 0 Å². The molecule has 0 aliphatic heterocycles. The standard InChI is InChI=1S/C9H15N7O/c1-16(2)3-4-17-8-6-5-11-15-7(6)12-9(13-8)14-10/h5H,3-4,10H2,1-2H3,(H2,11,12,13,14,15). The summed E-state index contributed by atoms with van der Waals surface area (Å²) in [5, 5.41) is 7.38. The Morgan fingerprint density at radius 1 is 1.47 bits per heavy atom. The van der Waals surface area contributed by atoms with E-state index in [2.05, 4.69) is 25.6 Å².